The van der Waals surface area contributed by atoms with Crippen LogP contribution in [0.25, 0.3) is 0 Å². The van der Waals surface area contributed by atoms with Crippen molar-refractivity contribution in [2.75, 3.05) is 31.6 Å². The van der Waals surface area contributed by atoms with E-state index in [0.29, 0.717) is 25.2 Å². The molecule has 40 heavy (non-hydrogen) atoms. The van der Waals surface area contributed by atoms with Gasteiger partial charge in [0.15, 0.2) is 0 Å². The molecule has 1 aromatic rings. The largest absolute Gasteiger partial charge is 0.362 e. The molecule has 1 aliphatic rings. The van der Waals surface area contributed by atoms with Crippen LogP contribution in [0.5, 0.6) is 0 Å². The zero-order valence-electron chi connectivity index (χ0n) is 25.7. The number of amides is 4. The van der Waals surface area contributed by atoms with Gasteiger partial charge in [0.05, 0.1) is 5.41 Å². The summed E-state index contributed by atoms with van der Waals surface area (Å²) in [5.74, 6) is 0.644. The fraction of sp³-hybridized carbons (Fsp3) is 0.688. The van der Waals surface area contributed by atoms with Gasteiger partial charge in [0.25, 0.3) is 0 Å². The number of β-lactam (4-membered cyclic amide) rings is 1. The number of anilines is 1. The molecule has 1 heterocycles. The number of nitrogens with zero attached hydrogens (tertiary/aromatic N) is 1. The predicted molar refractivity (Wildman–Crippen MR) is 159 cm³/mol. The Kier molecular flexibility index (Phi) is 12.8. The third-order valence-corrected chi connectivity index (χ3v) is 8.64. The molecule has 0 aromatic heterocycles. The van der Waals surface area contributed by atoms with Crippen LogP contribution in [0.3, 0.4) is 0 Å². The molecular formula is C32H51N3O5. The Balaban J connectivity index is 1.70. The molecule has 1 unspecified atom stereocenters. The molecule has 8 nitrogen and oxygen atoms in total. The van der Waals surface area contributed by atoms with Gasteiger partial charge in [-0.2, -0.15) is 0 Å². The van der Waals surface area contributed by atoms with Crippen molar-refractivity contribution in [1.29, 1.82) is 0 Å². The number of rotatable bonds is 17. The van der Waals surface area contributed by atoms with Crippen LogP contribution in [0, 0.1) is 17.3 Å². The van der Waals surface area contributed by atoms with Crippen LogP contribution >= 0.6 is 0 Å². The summed E-state index contributed by atoms with van der Waals surface area (Å²) >= 11 is 0. The fourth-order valence-electron chi connectivity index (χ4n) is 4.86. The lowest BCUT2D eigenvalue weighted by molar-refractivity contribution is -0.160. The zero-order chi connectivity index (χ0) is 29.9. The van der Waals surface area contributed by atoms with E-state index in [-0.39, 0.29) is 36.8 Å². The van der Waals surface area contributed by atoms with Crippen LogP contribution in [0.1, 0.15) is 99.0 Å². The monoisotopic (exact) mass is 557 g/mol. The van der Waals surface area contributed by atoms with Gasteiger partial charge in [-0.1, -0.05) is 92.7 Å². The molecule has 1 aliphatic heterocycles. The van der Waals surface area contributed by atoms with Gasteiger partial charge in [0.1, 0.15) is 13.2 Å². The van der Waals surface area contributed by atoms with Gasteiger partial charge in [-0.25, -0.2) is 0 Å². The average molecular weight is 558 g/mol. The maximum absolute atomic E-state index is 13.0. The van der Waals surface area contributed by atoms with Gasteiger partial charge < -0.3 is 15.4 Å². The highest BCUT2D eigenvalue weighted by Crippen LogP contribution is 2.43. The highest BCUT2D eigenvalue weighted by molar-refractivity contribution is 6.02. The van der Waals surface area contributed by atoms with E-state index in [9.17, 15) is 19.2 Å². The van der Waals surface area contributed by atoms with E-state index in [1.807, 2.05) is 39.8 Å². The molecule has 1 fully saturated rings. The quantitative estimate of drug-likeness (QED) is 0.196. The van der Waals surface area contributed by atoms with Crippen LogP contribution < -0.4 is 10.6 Å². The minimum Gasteiger partial charge on any atom is -0.362 e. The summed E-state index contributed by atoms with van der Waals surface area (Å²) in [5.41, 5.74) is 0.168. The number of imide groups is 1. The molecule has 2 N–H and O–H groups in total. The molecular weight excluding hydrogens is 506 g/mol. The first-order chi connectivity index (χ1) is 18.8. The van der Waals surface area contributed by atoms with Crippen molar-refractivity contribution in [3.05, 3.63) is 29.8 Å². The highest BCUT2D eigenvalue weighted by Gasteiger charge is 2.49. The van der Waals surface area contributed by atoms with Crippen molar-refractivity contribution in [3.63, 3.8) is 0 Å². The van der Waals surface area contributed by atoms with Crippen LogP contribution in [0.2, 0.25) is 0 Å². The molecule has 0 saturated carbocycles. The number of carbonyl (C=O) groups is 4. The van der Waals surface area contributed by atoms with Crippen molar-refractivity contribution < 1.29 is 23.9 Å². The predicted octanol–water partition coefficient (Wildman–Crippen LogP) is 5.45. The van der Waals surface area contributed by atoms with Gasteiger partial charge in [0.2, 0.25) is 23.6 Å². The summed E-state index contributed by atoms with van der Waals surface area (Å²) in [5, 5.41) is 5.64. The number of ether oxygens (including phenoxy) is 1. The molecule has 1 aromatic carbocycles. The number of hydrogen-bond acceptors (Lipinski definition) is 5. The van der Waals surface area contributed by atoms with Gasteiger partial charge >= 0.3 is 0 Å². The van der Waals surface area contributed by atoms with Crippen molar-refractivity contribution in [2.45, 2.75) is 98.8 Å². The van der Waals surface area contributed by atoms with Crippen molar-refractivity contribution in [3.8, 4) is 0 Å². The number of likely N-dealkylation sites (tertiary alicyclic amines) is 1. The van der Waals surface area contributed by atoms with Gasteiger partial charge in [0, 0.05) is 30.6 Å². The first-order valence-electron chi connectivity index (χ1n) is 14.9. The minimum absolute atomic E-state index is 0.125. The average Bonchev–Trinajstić information content (AvgIpc) is 2.89. The van der Waals surface area contributed by atoms with E-state index in [4.69, 9.17) is 4.74 Å². The first kappa shape index (κ1) is 33.5. The Bertz CT molecular complexity index is 1000. The number of benzene rings is 1. The third-order valence-electron chi connectivity index (χ3n) is 8.64. The Hall–Kier alpha value is -2.74. The fourth-order valence-corrected chi connectivity index (χ4v) is 4.86. The standard InChI is InChI=1S/C32H51N3O5/c1-8-24(13-12-23(2)3)11-9-10-19-33-27(36)21-40-22-28(37)34-26-16-14-25(15-17-26)31(4,5)32(6,7)30(39)35-20-18-29(35)38/h14-17,23-24H,8-13,18-22H2,1-7H3,(H,33,36)(H,34,37). The van der Waals surface area contributed by atoms with E-state index in [1.165, 1.54) is 30.6 Å². The molecule has 0 spiro atoms. The summed E-state index contributed by atoms with van der Waals surface area (Å²) in [6.45, 7) is 15.2. The minimum atomic E-state index is -0.798. The van der Waals surface area contributed by atoms with E-state index in [1.54, 1.807) is 12.1 Å². The molecule has 224 valence electrons. The second-order valence-electron chi connectivity index (χ2n) is 12.6. The molecule has 8 heteroatoms. The Morgan fingerprint density at radius 3 is 2.15 bits per heavy atom. The second-order valence-corrected chi connectivity index (χ2v) is 12.6. The van der Waals surface area contributed by atoms with E-state index < -0.39 is 10.8 Å². The third kappa shape index (κ3) is 9.43. The Labute approximate surface area is 241 Å². The number of hydrogen-bond donors (Lipinski definition) is 2. The summed E-state index contributed by atoms with van der Waals surface area (Å²) < 4.78 is 5.30. The highest BCUT2D eigenvalue weighted by atomic mass is 16.5. The topological polar surface area (TPSA) is 105 Å². The number of nitrogens with one attached hydrogen (secondary N) is 2. The van der Waals surface area contributed by atoms with Gasteiger partial charge in [-0.3, -0.25) is 24.1 Å². The Morgan fingerprint density at radius 1 is 0.950 bits per heavy atom. The van der Waals surface area contributed by atoms with Crippen molar-refractivity contribution >= 4 is 29.3 Å². The molecule has 1 atom stereocenters. The lowest BCUT2D eigenvalue weighted by atomic mass is 9.63. The zero-order valence-corrected chi connectivity index (χ0v) is 25.7. The summed E-state index contributed by atoms with van der Waals surface area (Å²) in [6.07, 6.45) is 7.42. The summed E-state index contributed by atoms with van der Waals surface area (Å²) in [6, 6.07) is 7.32. The van der Waals surface area contributed by atoms with E-state index in [2.05, 4.69) is 31.4 Å². The molecule has 2 rings (SSSR count). The van der Waals surface area contributed by atoms with E-state index >= 15 is 0 Å². The van der Waals surface area contributed by atoms with E-state index in [0.717, 1.165) is 30.2 Å². The molecule has 0 radical (unpaired) electrons. The molecule has 0 bridgehead atoms. The van der Waals surface area contributed by atoms with Crippen LogP contribution in [0.15, 0.2) is 24.3 Å². The second kappa shape index (κ2) is 15.3. The van der Waals surface area contributed by atoms with Gasteiger partial charge in [-0.15, -0.1) is 0 Å². The first-order valence-corrected chi connectivity index (χ1v) is 14.9. The lowest BCUT2D eigenvalue weighted by Gasteiger charge is -2.45. The molecule has 0 aliphatic carbocycles. The number of carbonyl (C=O) groups excluding carboxylic acids is 4. The van der Waals surface area contributed by atoms with Crippen molar-refractivity contribution in [1.82, 2.24) is 10.2 Å². The van der Waals surface area contributed by atoms with Crippen LogP contribution in [-0.2, 0) is 29.3 Å². The van der Waals surface area contributed by atoms with Gasteiger partial charge in [-0.05, 0) is 36.0 Å². The normalized spacial score (nSPS) is 14.6. The molecule has 1 saturated heterocycles. The number of unbranched alkanes of at least 4 members (excludes halogenated alkanes) is 1. The van der Waals surface area contributed by atoms with Crippen molar-refractivity contribution in [2.24, 2.45) is 17.3 Å². The Morgan fingerprint density at radius 2 is 1.60 bits per heavy atom. The maximum atomic E-state index is 13.0. The van der Waals surface area contributed by atoms with Crippen LogP contribution in [-0.4, -0.2) is 54.8 Å². The summed E-state index contributed by atoms with van der Waals surface area (Å²) in [4.78, 5) is 50.5. The SMILES string of the molecule is CCC(CCCCNC(=O)COCC(=O)Nc1ccc(C(C)(C)C(C)(C)C(=O)N2CCC2=O)cc1)CCC(C)C. The van der Waals surface area contributed by atoms with Crippen LogP contribution in [0.4, 0.5) is 5.69 Å². The lowest BCUT2D eigenvalue weighted by Crippen LogP contribution is -2.57. The summed E-state index contributed by atoms with van der Waals surface area (Å²) in [7, 11) is 0. The molecule has 4 amide bonds. The smallest absolute Gasteiger partial charge is 0.250 e. The maximum Gasteiger partial charge on any atom is 0.250 e.